The van der Waals surface area contributed by atoms with Crippen LogP contribution >= 0.6 is 0 Å². The number of carbonyl (C=O) groups excluding carboxylic acids is 11. The molecule has 1 aromatic rings. The Morgan fingerprint density at radius 2 is 1.12 bits per heavy atom. The van der Waals surface area contributed by atoms with E-state index in [1.165, 1.54) is 0 Å². The first-order chi connectivity index (χ1) is 40.6. The molecule has 0 aromatic heterocycles. The zero-order chi connectivity index (χ0) is 64.4. The van der Waals surface area contributed by atoms with Crippen molar-refractivity contribution < 1.29 is 113 Å². The Morgan fingerprint density at radius 1 is 0.616 bits per heavy atom. The van der Waals surface area contributed by atoms with Crippen molar-refractivity contribution in [2.45, 2.75) is 194 Å². The van der Waals surface area contributed by atoms with Crippen LogP contribution in [0.25, 0.3) is 0 Å². The molecule has 2 aliphatic rings. The van der Waals surface area contributed by atoms with Crippen molar-refractivity contribution in [3.8, 4) is 5.75 Å². The molecule has 3 rings (SSSR count). The first-order valence-electron chi connectivity index (χ1n) is 27.9. The van der Waals surface area contributed by atoms with Crippen molar-refractivity contribution in [2.75, 3.05) is 26.4 Å². The molecule has 86 heavy (non-hydrogen) atoms. The zero-order valence-electron chi connectivity index (χ0n) is 47.3. The fourth-order valence-corrected chi connectivity index (χ4v) is 9.08. The van der Waals surface area contributed by atoms with Gasteiger partial charge < -0.3 is 120 Å². The van der Waals surface area contributed by atoms with Crippen LogP contribution in [0.5, 0.6) is 5.75 Å². The Labute approximate surface area is 493 Å². The van der Waals surface area contributed by atoms with Crippen LogP contribution in [0.3, 0.4) is 0 Å². The SMILES string of the molecule is CCCCCCCCCCCC(O[C@@H]1OC[C@@H](O)[C@H](O)[C@H]1O)C(O)C(O)CC1CC(=O)N[C@H](CO)C(=O)NC(C(O)c2ccc(O)cc2)C(=O)N[C@H](CC(N)=O)C(=O)NCC(=O)N[C@@H](CC(N)=O)C(=O)N[C@@H](CO)C(=O)N[C@@H]([C@H](O)C(N)=O)C(=O)N1. The standard InChI is InChI=1S/C52H83N11O23/c1-2-3-4-5-6-7-8-9-10-11-33(86-52-44(77)42(75)32(68)23-85-52)41(74)31(67)16-25-17-36(71)59-29(21-64)48(81)62-38(40(73)24-12-14-26(66)15-13-24)51(84)60-27(18-34(53)69)46(79)56-20-37(72)58-28(19-35(54)70)47(80)61-30(22-65)49(82)63-39(50(83)57-25)43(76)45(55)78/h12-15,25,27-33,38-44,52,64-68,73-77H,2-11,16-23H2,1H3,(H2,53,69)(H2,54,70)(H2,55,78)(H,56,79)(H,57,83)(H,58,72)(H,59,71)(H,60,84)(H,61,80)(H,62,81)(H,63,82)/t25?,27-,28+,29-,30+,31?,32-,33?,38?,39+,40?,41?,42+,43+,44-,52+/m1/s1. The lowest BCUT2D eigenvalue weighted by Crippen LogP contribution is -2.63. The number of hydrogen-bond donors (Lipinski definition) is 21. The van der Waals surface area contributed by atoms with Crippen LogP contribution in [-0.4, -0.2) is 234 Å². The quantitative estimate of drug-likeness (QED) is 0.0383. The van der Waals surface area contributed by atoms with E-state index in [1.54, 1.807) is 0 Å². The number of amides is 11. The van der Waals surface area contributed by atoms with Crippen LogP contribution in [0.15, 0.2) is 24.3 Å². The third kappa shape index (κ3) is 23.9. The molecule has 0 spiro atoms. The van der Waals surface area contributed by atoms with Gasteiger partial charge in [-0.1, -0.05) is 76.8 Å². The number of rotatable bonds is 26. The monoisotopic (exact) mass is 1230 g/mol. The summed E-state index contributed by atoms with van der Waals surface area (Å²) in [5.74, 6) is -15.9. The number of unbranched alkanes of at least 4 members (excludes halogenated alkanes) is 8. The molecule has 0 radical (unpaired) electrons. The second-order valence-electron chi connectivity index (χ2n) is 20.9. The van der Waals surface area contributed by atoms with Crippen LogP contribution in [0, 0.1) is 0 Å². The van der Waals surface area contributed by atoms with E-state index >= 15 is 0 Å². The maximum absolute atomic E-state index is 14.2. The van der Waals surface area contributed by atoms with Crippen molar-refractivity contribution in [2.24, 2.45) is 17.2 Å². The number of nitrogens with one attached hydrogen (secondary N) is 8. The molecule has 484 valence electrons. The van der Waals surface area contributed by atoms with Gasteiger partial charge in [0, 0.05) is 12.5 Å². The molecule has 16 atom stereocenters. The number of carbonyl (C=O) groups is 11. The molecular formula is C52H83N11O23. The Hall–Kier alpha value is -7.25. The predicted octanol–water partition coefficient (Wildman–Crippen LogP) is -9.22. The molecule has 0 aliphatic carbocycles. The van der Waals surface area contributed by atoms with Gasteiger partial charge in [0.2, 0.25) is 65.0 Å². The van der Waals surface area contributed by atoms with E-state index in [9.17, 15) is 104 Å². The number of phenols is 1. The molecule has 0 bridgehead atoms. The average Bonchev–Trinajstić information content (AvgIpc) is 3.43. The molecule has 0 saturated carbocycles. The number of ether oxygens (including phenoxy) is 2. The highest BCUT2D eigenvalue weighted by Crippen LogP contribution is 2.25. The molecule has 34 nitrogen and oxygen atoms in total. The largest absolute Gasteiger partial charge is 0.508 e. The van der Waals surface area contributed by atoms with Crippen molar-refractivity contribution in [3.05, 3.63) is 29.8 Å². The van der Waals surface area contributed by atoms with Gasteiger partial charge in [0.15, 0.2) is 12.4 Å². The summed E-state index contributed by atoms with van der Waals surface area (Å²) in [5.41, 5.74) is 15.8. The third-order valence-electron chi connectivity index (χ3n) is 13.9. The van der Waals surface area contributed by atoms with Crippen molar-refractivity contribution in [1.82, 2.24) is 42.5 Å². The number of aromatic hydroxyl groups is 1. The molecule has 1 aromatic carbocycles. The molecule has 34 heteroatoms. The smallest absolute Gasteiger partial charge is 0.248 e. The molecule has 6 unspecified atom stereocenters. The van der Waals surface area contributed by atoms with Gasteiger partial charge in [-0.05, 0) is 30.5 Å². The minimum absolute atomic E-state index is 0.0549. The maximum atomic E-state index is 14.2. The van der Waals surface area contributed by atoms with Gasteiger partial charge in [0.1, 0.15) is 72.5 Å². The molecule has 24 N–H and O–H groups in total. The minimum atomic E-state index is -2.68. The van der Waals surface area contributed by atoms with E-state index in [2.05, 4.69) is 28.2 Å². The lowest BCUT2D eigenvalue weighted by atomic mass is 9.94. The highest BCUT2D eigenvalue weighted by Gasteiger charge is 2.43. The number of nitrogens with two attached hydrogens (primary N) is 3. The molecule has 11 amide bonds. The topological polar surface area (TPSA) is 583 Å². The maximum Gasteiger partial charge on any atom is 0.248 e. The molecular weight excluding hydrogens is 1150 g/mol. The van der Waals surface area contributed by atoms with Crippen LogP contribution in [0.1, 0.15) is 108 Å². The molecule has 2 saturated heterocycles. The summed E-state index contributed by atoms with van der Waals surface area (Å²) in [6.07, 6.45) is -13.7. The number of aliphatic hydroxyl groups is 9. The Bertz CT molecular complexity index is 2450. The van der Waals surface area contributed by atoms with Crippen LogP contribution < -0.4 is 59.7 Å². The van der Waals surface area contributed by atoms with E-state index in [0.29, 0.717) is 12.8 Å². The molecule has 2 aliphatic heterocycles. The minimum Gasteiger partial charge on any atom is -0.508 e. The highest BCUT2D eigenvalue weighted by atomic mass is 16.7. The van der Waals surface area contributed by atoms with E-state index in [0.717, 1.165) is 69.2 Å². The lowest BCUT2D eigenvalue weighted by Gasteiger charge is -2.38. The predicted molar refractivity (Wildman–Crippen MR) is 292 cm³/mol. The van der Waals surface area contributed by atoms with E-state index in [1.807, 2.05) is 21.3 Å². The Balaban J connectivity index is 2.17. The summed E-state index contributed by atoms with van der Waals surface area (Å²) in [6.45, 7) is -2.19. The first kappa shape index (κ1) is 73.0. The van der Waals surface area contributed by atoms with Crippen molar-refractivity contribution in [1.29, 1.82) is 0 Å². The number of hydrogen-bond acceptors (Lipinski definition) is 23. The summed E-state index contributed by atoms with van der Waals surface area (Å²) < 4.78 is 11.3. The summed E-state index contributed by atoms with van der Waals surface area (Å²) >= 11 is 0. The van der Waals surface area contributed by atoms with E-state index in [4.69, 9.17) is 26.7 Å². The second-order valence-corrected chi connectivity index (χ2v) is 20.9. The number of primary amides is 3. The van der Waals surface area contributed by atoms with Crippen LogP contribution in [0.4, 0.5) is 0 Å². The summed E-state index contributed by atoms with van der Waals surface area (Å²) in [7, 11) is 0. The summed E-state index contributed by atoms with van der Waals surface area (Å²) in [5, 5.41) is 124. The normalized spacial score (nSPS) is 27.3. The Morgan fingerprint density at radius 3 is 1.67 bits per heavy atom. The van der Waals surface area contributed by atoms with Gasteiger partial charge in [-0.15, -0.1) is 0 Å². The van der Waals surface area contributed by atoms with E-state index in [-0.39, 0.29) is 17.7 Å². The summed E-state index contributed by atoms with van der Waals surface area (Å²) in [6, 6.07) is -10.6. The third-order valence-corrected chi connectivity index (χ3v) is 13.9. The first-order valence-corrected chi connectivity index (χ1v) is 27.9. The van der Waals surface area contributed by atoms with Gasteiger partial charge in [0.25, 0.3) is 0 Å². The molecule has 2 heterocycles. The van der Waals surface area contributed by atoms with Crippen molar-refractivity contribution in [3.63, 3.8) is 0 Å². The lowest BCUT2D eigenvalue weighted by molar-refractivity contribution is -0.293. The van der Waals surface area contributed by atoms with Crippen molar-refractivity contribution >= 4 is 65.0 Å². The van der Waals surface area contributed by atoms with Crippen LogP contribution in [0.2, 0.25) is 0 Å². The van der Waals surface area contributed by atoms with Gasteiger partial charge >= 0.3 is 0 Å². The highest BCUT2D eigenvalue weighted by molar-refractivity contribution is 6.00. The molecule has 2 fully saturated rings. The number of aliphatic hydroxyl groups excluding tert-OH is 9. The van der Waals surface area contributed by atoms with Gasteiger partial charge in [-0.3, -0.25) is 52.7 Å². The number of phenolic OH excluding ortho intramolecular Hbond substituents is 1. The van der Waals surface area contributed by atoms with Gasteiger partial charge in [-0.2, -0.15) is 0 Å². The van der Waals surface area contributed by atoms with Crippen LogP contribution in [-0.2, 0) is 62.2 Å². The second kappa shape index (κ2) is 36.7. The average molecular weight is 1230 g/mol. The zero-order valence-corrected chi connectivity index (χ0v) is 47.3. The summed E-state index contributed by atoms with van der Waals surface area (Å²) in [4.78, 5) is 147. The van der Waals surface area contributed by atoms with E-state index < -0.39 is 214 Å². The fraction of sp³-hybridized carbons (Fsp3) is 0.673. The Kier molecular flexibility index (Phi) is 31.1. The van der Waals surface area contributed by atoms with Gasteiger partial charge in [0.05, 0.1) is 51.4 Å². The van der Waals surface area contributed by atoms with Gasteiger partial charge in [-0.25, -0.2) is 0 Å². The fourth-order valence-electron chi connectivity index (χ4n) is 9.08. The number of benzene rings is 1.